The van der Waals surface area contributed by atoms with Crippen molar-refractivity contribution < 1.29 is 18.3 Å². The van der Waals surface area contributed by atoms with Crippen molar-refractivity contribution in [1.82, 2.24) is 4.98 Å². The minimum Gasteiger partial charge on any atom is -0.495 e. The number of nitrogens with zero attached hydrogens (tertiary/aromatic N) is 1. The van der Waals surface area contributed by atoms with Gasteiger partial charge in [-0.2, -0.15) is 0 Å². The molecule has 6 heteroatoms. The third-order valence-electron chi connectivity index (χ3n) is 1.60. The fourth-order valence-corrected chi connectivity index (χ4v) is 1.68. The van der Waals surface area contributed by atoms with Gasteiger partial charge in [0, 0.05) is 6.20 Å². The van der Waals surface area contributed by atoms with Crippen molar-refractivity contribution in [2.45, 2.75) is 6.43 Å². The first-order chi connectivity index (χ1) is 6.61. The van der Waals surface area contributed by atoms with Crippen LogP contribution in [0.25, 0.3) is 0 Å². The zero-order valence-corrected chi connectivity index (χ0v) is 9.71. The predicted molar refractivity (Wildman–Crippen MR) is 55.0 cm³/mol. The van der Waals surface area contributed by atoms with Gasteiger partial charge in [-0.15, -0.1) is 0 Å². The van der Waals surface area contributed by atoms with E-state index in [0.717, 1.165) is 0 Å². The zero-order valence-electron chi connectivity index (χ0n) is 7.55. The number of rotatable bonds is 3. The number of methoxy groups -OCH3 is 2. The minimum atomic E-state index is -2.66. The summed E-state index contributed by atoms with van der Waals surface area (Å²) in [5.41, 5.74) is -0.304. The molecule has 0 atom stereocenters. The largest absolute Gasteiger partial charge is 0.495 e. The van der Waals surface area contributed by atoms with Crippen LogP contribution < -0.4 is 9.47 Å². The molecule has 3 nitrogen and oxygen atoms in total. The zero-order chi connectivity index (χ0) is 10.7. The van der Waals surface area contributed by atoms with E-state index < -0.39 is 6.43 Å². The van der Waals surface area contributed by atoms with Crippen LogP contribution >= 0.6 is 22.6 Å². The van der Waals surface area contributed by atoms with E-state index in [2.05, 4.69) is 4.98 Å². The van der Waals surface area contributed by atoms with Gasteiger partial charge < -0.3 is 9.47 Å². The van der Waals surface area contributed by atoms with Crippen LogP contribution in [-0.4, -0.2) is 19.2 Å². The van der Waals surface area contributed by atoms with Crippen LogP contribution in [0.15, 0.2) is 6.20 Å². The van der Waals surface area contributed by atoms with Crippen LogP contribution in [0.3, 0.4) is 0 Å². The molecule has 0 aliphatic heterocycles. The molecule has 0 saturated heterocycles. The molecule has 0 N–H and O–H groups in total. The Morgan fingerprint density at radius 3 is 2.43 bits per heavy atom. The van der Waals surface area contributed by atoms with Crippen LogP contribution in [0.4, 0.5) is 8.78 Å². The van der Waals surface area contributed by atoms with Gasteiger partial charge in [0.1, 0.15) is 11.3 Å². The Hall–Kier alpha value is -0.660. The van der Waals surface area contributed by atoms with Crippen LogP contribution in [0, 0.1) is 3.57 Å². The quantitative estimate of drug-likeness (QED) is 0.804. The summed E-state index contributed by atoms with van der Waals surface area (Å²) >= 11 is 1.88. The molecule has 0 amide bonds. The molecule has 1 aromatic rings. The second-order valence-corrected chi connectivity index (χ2v) is 3.53. The molecule has 0 bridgehead atoms. The van der Waals surface area contributed by atoms with Crippen LogP contribution in [0.5, 0.6) is 11.6 Å². The van der Waals surface area contributed by atoms with Crippen molar-refractivity contribution in [2.75, 3.05) is 14.2 Å². The van der Waals surface area contributed by atoms with Gasteiger partial charge in [-0.05, 0) is 22.6 Å². The first-order valence-corrected chi connectivity index (χ1v) is 4.74. The molecule has 0 saturated carbocycles. The Bertz CT molecular complexity index is 333. The lowest BCUT2D eigenvalue weighted by Crippen LogP contribution is -2.01. The van der Waals surface area contributed by atoms with Gasteiger partial charge in [-0.3, -0.25) is 0 Å². The molecular formula is C8H8F2INO2. The first-order valence-electron chi connectivity index (χ1n) is 3.66. The highest BCUT2D eigenvalue weighted by molar-refractivity contribution is 14.1. The van der Waals surface area contributed by atoms with Crippen molar-refractivity contribution in [3.63, 3.8) is 0 Å². The number of hydrogen-bond donors (Lipinski definition) is 0. The summed E-state index contributed by atoms with van der Waals surface area (Å²) in [6.45, 7) is 0. The Balaban J connectivity index is 3.36. The van der Waals surface area contributed by atoms with Gasteiger partial charge in [-0.1, -0.05) is 0 Å². The third kappa shape index (κ3) is 2.05. The Labute approximate surface area is 93.6 Å². The van der Waals surface area contributed by atoms with E-state index in [9.17, 15) is 8.78 Å². The van der Waals surface area contributed by atoms with Gasteiger partial charge in [0.2, 0.25) is 5.88 Å². The van der Waals surface area contributed by atoms with E-state index in [-0.39, 0.29) is 17.2 Å². The summed E-state index contributed by atoms with van der Waals surface area (Å²) < 4.78 is 35.4. The highest BCUT2D eigenvalue weighted by atomic mass is 127. The van der Waals surface area contributed by atoms with Crippen molar-refractivity contribution in [3.8, 4) is 11.6 Å². The van der Waals surface area contributed by atoms with E-state index >= 15 is 0 Å². The maximum atomic E-state index is 12.6. The molecule has 78 valence electrons. The molecule has 0 fully saturated rings. The summed E-state index contributed by atoms with van der Waals surface area (Å²) in [6, 6.07) is 0. The average molecular weight is 315 g/mol. The average Bonchev–Trinajstić information content (AvgIpc) is 2.17. The summed E-state index contributed by atoms with van der Waals surface area (Å²) in [6.07, 6.45) is -1.24. The van der Waals surface area contributed by atoms with Crippen molar-refractivity contribution in [1.29, 1.82) is 0 Å². The first kappa shape index (κ1) is 11.4. The number of ether oxygens (including phenoxy) is 2. The fourth-order valence-electron chi connectivity index (χ4n) is 1.03. The number of pyridine rings is 1. The smallest absolute Gasteiger partial charge is 0.272 e. The van der Waals surface area contributed by atoms with E-state index in [0.29, 0.717) is 3.57 Å². The third-order valence-corrected chi connectivity index (χ3v) is 2.37. The van der Waals surface area contributed by atoms with Crippen LogP contribution in [-0.2, 0) is 0 Å². The maximum absolute atomic E-state index is 12.6. The van der Waals surface area contributed by atoms with E-state index in [1.807, 2.05) is 22.6 Å². The van der Waals surface area contributed by atoms with Crippen LogP contribution in [0.2, 0.25) is 0 Å². The minimum absolute atomic E-state index is 0.0998. The topological polar surface area (TPSA) is 31.4 Å². The summed E-state index contributed by atoms with van der Waals surface area (Å²) in [7, 11) is 2.63. The van der Waals surface area contributed by atoms with Gasteiger partial charge in [0.05, 0.1) is 17.8 Å². The van der Waals surface area contributed by atoms with E-state index in [4.69, 9.17) is 9.47 Å². The molecule has 0 spiro atoms. The van der Waals surface area contributed by atoms with Gasteiger partial charge in [0.25, 0.3) is 6.43 Å². The number of aromatic nitrogens is 1. The molecule has 1 aromatic heterocycles. The Morgan fingerprint density at radius 1 is 1.36 bits per heavy atom. The Morgan fingerprint density at radius 2 is 2.00 bits per heavy atom. The van der Waals surface area contributed by atoms with Gasteiger partial charge in [-0.25, -0.2) is 13.8 Å². The van der Waals surface area contributed by atoms with Crippen LogP contribution in [0.1, 0.15) is 12.0 Å². The fraction of sp³-hybridized carbons (Fsp3) is 0.375. The van der Waals surface area contributed by atoms with Crippen molar-refractivity contribution in [3.05, 3.63) is 15.3 Å². The second kappa shape index (κ2) is 4.72. The lowest BCUT2D eigenvalue weighted by atomic mass is 10.2. The number of hydrogen-bond acceptors (Lipinski definition) is 3. The van der Waals surface area contributed by atoms with Crippen molar-refractivity contribution >= 4 is 22.6 Å². The van der Waals surface area contributed by atoms with E-state index in [1.54, 1.807) is 0 Å². The van der Waals surface area contributed by atoms with Crippen molar-refractivity contribution in [2.24, 2.45) is 0 Å². The Kier molecular flexibility index (Phi) is 3.85. The van der Waals surface area contributed by atoms with Gasteiger partial charge >= 0.3 is 0 Å². The summed E-state index contributed by atoms with van der Waals surface area (Å²) in [5, 5.41) is 0. The number of halogens is 3. The lowest BCUT2D eigenvalue weighted by Gasteiger charge is -2.12. The number of alkyl halides is 2. The molecule has 14 heavy (non-hydrogen) atoms. The molecular weight excluding hydrogens is 307 g/mol. The summed E-state index contributed by atoms with van der Waals surface area (Å²) in [4.78, 5) is 3.74. The normalized spacial score (nSPS) is 10.4. The SMILES string of the molecule is COc1ncc(I)c(OC)c1C(F)F. The monoisotopic (exact) mass is 315 g/mol. The highest BCUT2D eigenvalue weighted by Gasteiger charge is 2.23. The standard InChI is InChI=1S/C8H8F2INO2/c1-13-6-4(11)3-12-8(14-2)5(6)7(9)10/h3,7H,1-2H3. The summed E-state index contributed by atoms with van der Waals surface area (Å²) in [5.74, 6) is 0.0183. The predicted octanol–water partition coefficient (Wildman–Crippen LogP) is 2.64. The van der Waals surface area contributed by atoms with Gasteiger partial charge in [0.15, 0.2) is 0 Å². The molecule has 0 aliphatic carbocycles. The lowest BCUT2D eigenvalue weighted by molar-refractivity contribution is 0.141. The molecule has 0 aromatic carbocycles. The molecule has 0 radical (unpaired) electrons. The maximum Gasteiger partial charge on any atom is 0.272 e. The highest BCUT2D eigenvalue weighted by Crippen LogP contribution is 2.37. The molecule has 0 aliphatic rings. The van der Waals surface area contributed by atoms with E-state index in [1.165, 1.54) is 20.4 Å². The molecule has 0 unspecified atom stereocenters. The second-order valence-electron chi connectivity index (χ2n) is 2.36. The molecule has 1 heterocycles. The molecule has 1 rings (SSSR count).